The Morgan fingerprint density at radius 2 is 2.40 bits per heavy atom. The number of aromatic nitrogens is 1. The van der Waals surface area contributed by atoms with E-state index in [1.807, 2.05) is 6.20 Å². The van der Waals surface area contributed by atoms with Crippen molar-refractivity contribution in [2.45, 2.75) is 25.8 Å². The summed E-state index contributed by atoms with van der Waals surface area (Å²) >= 11 is 0. The largest absolute Gasteiger partial charge is 0.352 e. The van der Waals surface area contributed by atoms with Crippen LogP contribution in [0.5, 0.6) is 0 Å². The van der Waals surface area contributed by atoms with Gasteiger partial charge in [0.15, 0.2) is 0 Å². The number of rotatable bonds is 4. The van der Waals surface area contributed by atoms with Gasteiger partial charge in [-0.2, -0.15) is 0 Å². The van der Waals surface area contributed by atoms with Gasteiger partial charge in [-0.05, 0) is 30.4 Å². The van der Waals surface area contributed by atoms with Crippen LogP contribution in [0.1, 0.15) is 34.5 Å². The van der Waals surface area contributed by atoms with Crippen molar-refractivity contribution in [3.8, 4) is 0 Å². The quantitative estimate of drug-likeness (QED) is 0.820. The van der Waals surface area contributed by atoms with E-state index >= 15 is 0 Å². The van der Waals surface area contributed by atoms with Crippen LogP contribution in [0.25, 0.3) is 5.57 Å². The summed E-state index contributed by atoms with van der Waals surface area (Å²) in [5.74, 6) is -0.0665. The van der Waals surface area contributed by atoms with Gasteiger partial charge in [0.05, 0.1) is 12.2 Å². The highest BCUT2D eigenvalue weighted by Crippen LogP contribution is 2.31. The molecule has 2 heterocycles. The Morgan fingerprint density at radius 3 is 3.25 bits per heavy atom. The molecule has 4 nitrogen and oxygen atoms in total. The number of hydrogen-bond acceptors (Lipinski definition) is 2. The Morgan fingerprint density at radius 1 is 1.50 bits per heavy atom. The van der Waals surface area contributed by atoms with Crippen molar-refractivity contribution < 1.29 is 9.18 Å². The molecule has 108 valence electrons. The zero-order chi connectivity index (χ0) is 13.9. The minimum absolute atomic E-state index is 0.0665. The predicted octanol–water partition coefficient (Wildman–Crippen LogP) is 1.51. The van der Waals surface area contributed by atoms with Crippen LogP contribution in [0.4, 0.5) is 4.39 Å². The molecule has 2 N–H and O–H groups in total. The number of carbonyl (C=O) groups excluding carboxylic acids is 1. The third kappa shape index (κ3) is 2.38. The summed E-state index contributed by atoms with van der Waals surface area (Å²) in [7, 11) is 0. The second-order valence-electron chi connectivity index (χ2n) is 5.31. The van der Waals surface area contributed by atoms with Gasteiger partial charge in [0.2, 0.25) is 0 Å². The molecule has 1 amide bonds. The van der Waals surface area contributed by atoms with Gasteiger partial charge in [0.25, 0.3) is 5.91 Å². The zero-order valence-electron chi connectivity index (χ0n) is 11.5. The number of nitrogens with zero attached hydrogens (tertiary/aromatic N) is 1. The molecule has 0 atom stereocenters. The third-order valence-electron chi connectivity index (χ3n) is 3.96. The summed E-state index contributed by atoms with van der Waals surface area (Å²) < 4.78 is 14.3. The van der Waals surface area contributed by atoms with Gasteiger partial charge in [0.1, 0.15) is 0 Å². The molecule has 5 heteroatoms. The molecule has 0 saturated heterocycles. The van der Waals surface area contributed by atoms with Crippen molar-refractivity contribution in [1.29, 1.82) is 0 Å². The number of amides is 1. The van der Waals surface area contributed by atoms with Crippen molar-refractivity contribution in [3.63, 3.8) is 0 Å². The Balaban J connectivity index is 1.89. The average molecular weight is 277 g/mol. The van der Waals surface area contributed by atoms with Crippen LogP contribution in [0.2, 0.25) is 0 Å². The zero-order valence-corrected chi connectivity index (χ0v) is 11.5. The van der Waals surface area contributed by atoms with Crippen LogP contribution < -0.4 is 10.6 Å². The number of carbonyl (C=O) groups is 1. The van der Waals surface area contributed by atoms with E-state index in [2.05, 4.69) is 21.3 Å². The molecular weight excluding hydrogens is 257 g/mol. The van der Waals surface area contributed by atoms with Gasteiger partial charge >= 0.3 is 0 Å². The highest BCUT2D eigenvalue weighted by atomic mass is 19.1. The maximum absolute atomic E-state index is 12.3. The Bertz CT molecular complexity index is 548. The van der Waals surface area contributed by atoms with Gasteiger partial charge in [-0.3, -0.25) is 9.18 Å². The summed E-state index contributed by atoms with van der Waals surface area (Å²) in [6.07, 6.45) is 6.50. The molecule has 1 aliphatic carbocycles. The van der Waals surface area contributed by atoms with Crippen LogP contribution in [-0.2, 0) is 13.0 Å². The summed E-state index contributed by atoms with van der Waals surface area (Å²) in [5.41, 5.74) is 4.44. The first-order valence-electron chi connectivity index (χ1n) is 7.27. The van der Waals surface area contributed by atoms with Crippen molar-refractivity contribution in [3.05, 3.63) is 29.1 Å². The molecular formula is C15H20FN3O. The first-order chi connectivity index (χ1) is 9.81. The van der Waals surface area contributed by atoms with Gasteiger partial charge in [-0.15, -0.1) is 0 Å². The topological polar surface area (TPSA) is 46.1 Å². The van der Waals surface area contributed by atoms with E-state index in [0.29, 0.717) is 13.0 Å². The van der Waals surface area contributed by atoms with E-state index < -0.39 is 6.67 Å². The smallest absolute Gasteiger partial charge is 0.253 e. The minimum Gasteiger partial charge on any atom is -0.352 e. The van der Waals surface area contributed by atoms with Crippen molar-refractivity contribution in [1.82, 2.24) is 15.2 Å². The molecule has 20 heavy (non-hydrogen) atoms. The van der Waals surface area contributed by atoms with E-state index in [-0.39, 0.29) is 5.91 Å². The number of hydrogen-bond donors (Lipinski definition) is 2. The van der Waals surface area contributed by atoms with E-state index in [0.717, 1.165) is 43.6 Å². The maximum Gasteiger partial charge on any atom is 0.253 e. The van der Waals surface area contributed by atoms with E-state index in [9.17, 15) is 9.18 Å². The number of alkyl halides is 1. The van der Waals surface area contributed by atoms with Crippen LogP contribution in [0, 0.1) is 0 Å². The average Bonchev–Trinajstić information content (AvgIpc) is 2.70. The minimum atomic E-state index is -0.391. The fourth-order valence-corrected chi connectivity index (χ4v) is 3.03. The molecule has 0 saturated carbocycles. The Labute approximate surface area is 118 Å². The molecule has 1 aliphatic heterocycles. The molecule has 0 bridgehead atoms. The molecule has 0 aromatic carbocycles. The first-order valence-corrected chi connectivity index (χ1v) is 7.27. The van der Waals surface area contributed by atoms with Crippen molar-refractivity contribution >= 4 is 11.5 Å². The fraction of sp³-hybridized carbons (Fsp3) is 0.533. The molecule has 3 rings (SSSR count). The molecule has 1 aromatic heterocycles. The van der Waals surface area contributed by atoms with Crippen molar-refractivity contribution in [2.24, 2.45) is 0 Å². The lowest BCUT2D eigenvalue weighted by atomic mass is 9.94. The monoisotopic (exact) mass is 277 g/mol. The van der Waals surface area contributed by atoms with Crippen LogP contribution in [-0.4, -0.2) is 36.8 Å². The van der Waals surface area contributed by atoms with Gasteiger partial charge in [-0.25, -0.2) is 0 Å². The molecule has 0 unspecified atom stereocenters. The molecule has 1 aromatic rings. The molecule has 0 radical (unpaired) electrons. The van der Waals surface area contributed by atoms with E-state index in [4.69, 9.17) is 0 Å². The Kier molecular flexibility index (Phi) is 3.87. The second kappa shape index (κ2) is 5.79. The van der Waals surface area contributed by atoms with Gasteiger partial charge < -0.3 is 15.2 Å². The van der Waals surface area contributed by atoms with Gasteiger partial charge in [-0.1, -0.05) is 6.08 Å². The number of allylic oxidation sites excluding steroid dienone is 1. The maximum atomic E-state index is 12.3. The first kappa shape index (κ1) is 13.4. The fourth-order valence-electron chi connectivity index (χ4n) is 3.03. The lowest BCUT2D eigenvalue weighted by Crippen LogP contribution is -2.26. The summed E-state index contributed by atoms with van der Waals surface area (Å²) in [6.45, 7) is 2.69. The van der Waals surface area contributed by atoms with E-state index in [1.165, 1.54) is 11.3 Å². The van der Waals surface area contributed by atoms with Crippen LogP contribution >= 0.6 is 0 Å². The van der Waals surface area contributed by atoms with Crippen LogP contribution in [0.15, 0.2) is 12.3 Å². The van der Waals surface area contributed by atoms with Crippen molar-refractivity contribution in [2.75, 3.05) is 26.3 Å². The highest BCUT2D eigenvalue weighted by molar-refractivity contribution is 5.97. The predicted molar refractivity (Wildman–Crippen MR) is 76.5 cm³/mol. The molecule has 2 aliphatic rings. The summed E-state index contributed by atoms with van der Waals surface area (Å²) in [4.78, 5) is 12.3. The lowest BCUT2D eigenvalue weighted by molar-refractivity contribution is 0.0951. The number of halogens is 1. The molecule has 0 fully saturated rings. The second-order valence-corrected chi connectivity index (χ2v) is 5.31. The normalized spacial score (nSPS) is 17.1. The van der Waals surface area contributed by atoms with Gasteiger partial charge in [0, 0.05) is 38.1 Å². The van der Waals surface area contributed by atoms with Crippen LogP contribution in [0.3, 0.4) is 0 Å². The lowest BCUT2D eigenvalue weighted by Gasteiger charge is -2.15. The SMILES string of the molecule is O=C(NCCCF)c1cn2c3c1CCC=C3CNCC2. The highest BCUT2D eigenvalue weighted by Gasteiger charge is 2.25. The number of nitrogens with one attached hydrogen (secondary N) is 2. The standard InChI is InChI=1S/C15H20FN3O/c16-5-2-6-18-15(20)13-10-19-8-7-17-9-11-3-1-4-12(13)14(11)19/h3,10,17H,1-2,4-9H2,(H,18,20). The third-order valence-corrected chi connectivity index (χ3v) is 3.96. The summed E-state index contributed by atoms with van der Waals surface area (Å²) in [5, 5.41) is 6.21. The van der Waals surface area contributed by atoms with E-state index in [1.54, 1.807) is 0 Å². The Hall–Kier alpha value is -1.62. The summed E-state index contributed by atoms with van der Waals surface area (Å²) in [6, 6.07) is 0. The molecule has 0 spiro atoms.